The molecule has 0 bridgehead atoms. The largest absolute Gasteiger partial charge is 0.478 e. The van der Waals surface area contributed by atoms with Crippen molar-refractivity contribution in [1.82, 2.24) is 4.90 Å². The van der Waals surface area contributed by atoms with Gasteiger partial charge < -0.3 is 25.5 Å². The molecule has 0 saturated heterocycles. The number of carbonyl (C=O) groups is 2. The molecule has 0 rings (SSSR count). The van der Waals surface area contributed by atoms with Gasteiger partial charge in [0.1, 0.15) is 0 Å². The van der Waals surface area contributed by atoms with Crippen molar-refractivity contribution >= 4 is 11.9 Å². The molecule has 0 radical (unpaired) electrons. The summed E-state index contributed by atoms with van der Waals surface area (Å²) in [5.74, 6) is -2.51. The van der Waals surface area contributed by atoms with Gasteiger partial charge in [0.25, 0.3) is 0 Å². The highest BCUT2D eigenvalue weighted by Crippen LogP contribution is 1.84. The first-order valence-corrected chi connectivity index (χ1v) is 6.52. The molecule has 0 aliphatic rings. The highest BCUT2D eigenvalue weighted by atomic mass is 16.4. The zero-order chi connectivity index (χ0) is 18.0. The van der Waals surface area contributed by atoms with Crippen LogP contribution in [0, 0.1) is 0 Å². The van der Waals surface area contributed by atoms with E-state index in [1.807, 2.05) is 13.8 Å². The Bertz CT molecular complexity index is 295. The first kappa shape index (κ1) is 25.2. The van der Waals surface area contributed by atoms with Crippen molar-refractivity contribution in [2.75, 3.05) is 39.5 Å². The lowest BCUT2D eigenvalue weighted by Gasteiger charge is -2.17. The van der Waals surface area contributed by atoms with Gasteiger partial charge in [-0.1, -0.05) is 5.57 Å². The van der Waals surface area contributed by atoms with Gasteiger partial charge in [-0.25, -0.2) is 9.59 Å². The zero-order valence-electron chi connectivity index (χ0n) is 13.1. The Morgan fingerprint density at radius 3 is 1.23 bits per heavy atom. The van der Waals surface area contributed by atoms with Gasteiger partial charge in [0.15, 0.2) is 0 Å². The Morgan fingerprint density at radius 1 is 0.864 bits per heavy atom. The number of aliphatic carboxylic acids is 2. The van der Waals surface area contributed by atoms with Crippen molar-refractivity contribution in [3.63, 3.8) is 0 Å². The maximum atomic E-state index is 9.55. The third kappa shape index (κ3) is 36.2. The SMILES string of the molecule is C=C(C)C.O=C(O)/C=C\C(=O)O.OCCN(CCO)CCO. The lowest BCUT2D eigenvalue weighted by atomic mass is 10.4. The topological polar surface area (TPSA) is 139 Å². The fraction of sp³-hybridized carbons (Fsp3) is 0.571. The average molecular weight is 321 g/mol. The maximum absolute atomic E-state index is 9.55. The molecule has 130 valence electrons. The molecule has 0 unspecified atom stereocenters. The van der Waals surface area contributed by atoms with Crippen LogP contribution in [0.15, 0.2) is 24.3 Å². The second-order valence-electron chi connectivity index (χ2n) is 4.23. The van der Waals surface area contributed by atoms with Crippen LogP contribution in [-0.2, 0) is 9.59 Å². The van der Waals surface area contributed by atoms with Crippen LogP contribution in [0.1, 0.15) is 13.8 Å². The van der Waals surface area contributed by atoms with Crippen LogP contribution >= 0.6 is 0 Å². The number of carboxylic acid groups (broad SMARTS) is 2. The fourth-order valence-corrected chi connectivity index (χ4v) is 0.902. The number of allylic oxidation sites excluding steroid dienone is 1. The first-order chi connectivity index (χ1) is 10.2. The molecule has 22 heavy (non-hydrogen) atoms. The summed E-state index contributed by atoms with van der Waals surface area (Å²) in [5, 5.41) is 41.1. The van der Waals surface area contributed by atoms with Crippen LogP contribution in [0.5, 0.6) is 0 Å². The normalized spacial score (nSPS) is 9.55. The molecule has 0 heterocycles. The lowest BCUT2D eigenvalue weighted by Crippen LogP contribution is -2.32. The van der Waals surface area contributed by atoms with Crippen LogP contribution in [-0.4, -0.2) is 81.8 Å². The summed E-state index contributed by atoms with van der Waals surface area (Å²) >= 11 is 0. The average Bonchev–Trinajstić information content (AvgIpc) is 2.37. The lowest BCUT2D eigenvalue weighted by molar-refractivity contribution is -0.134. The summed E-state index contributed by atoms with van der Waals surface area (Å²) in [4.78, 5) is 20.9. The smallest absolute Gasteiger partial charge is 0.328 e. The van der Waals surface area contributed by atoms with Crippen LogP contribution in [0.3, 0.4) is 0 Å². The van der Waals surface area contributed by atoms with Gasteiger partial charge in [0.05, 0.1) is 19.8 Å². The molecule has 0 fully saturated rings. The van der Waals surface area contributed by atoms with E-state index < -0.39 is 11.9 Å². The molecule has 0 amide bonds. The summed E-state index contributed by atoms with van der Waals surface area (Å²) < 4.78 is 0. The van der Waals surface area contributed by atoms with E-state index in [0.717, 1.165) is 0 Å². The third-order valence-electron chi connectivity index (χ3n) is 1.62. The monoisotopic (exact) mass is 321 g/mol. The number of aliphatic hydroxyl groups excluding tert-OH is 3. The molecule has 0 aromatic carbocycles. The number of hydrogen-bond donors (Lipinski definition) is 5. The first-order valence-electron chi connectivity index (χ1n) is 6.52. The highest BCUT2D eigenvalue weighted by Gasteiger charge is 2.00. The van der Waals surface area contributed by atoms with E-state index in [1.165, 1.54) is 5.57 Å². The van der Waals surface area contributed by atoms with E-state index >= 15 is 0 Å². The van der Waals surface area contributed by atoms with Crippen molar-refractivity contribution in [2.45, 2.75) is 13.8 Å². The van der Waals surface area contributed by atoms with Gasteiger partial charge in [-0.05, 0) is 13.8 Å². The Labute approximate surface area is 130 Å². The van der Waals surface area contributed by atoms with Crippen LogP contribution < -0.4 is 0 Å². The Balaban J connectivity index is -0.000000269. The highest BCUT2D eigenvalue weighted by molar-refractivity contribution is 5.89. The van der Waals surface area contributed by atoms with Crippen molar-refractivity contribution in [2.24, 2.45) is 0 Å². The molecule has 0 saturated carbocycles. The predicted octanol–water partition coefficient (Wildman–Crippen LogP) is -0.440. The number of hydrogen-bond acceptors (Lipinski definition) is 6. The molecule has 8 heteroatoms. The van der Waals surface area contributed by atoms with Crippen LogP contribution in [0.25, 0.3) is 0 Å². The zero-order valence-corrected chi connectivity index (χ0v) is 13.1. The Kier molecular flexibility index (Phi) is 22.1. The minimum absolute atomic E-state index is 0.0694. The van der Waals surface area contributed by atoms with E-state index in [9.17, 15) is 9.59 Å². The van der Waals surface area contributed by atoms with Crippen molar-refractivity contribution in [1.29, 1.82) is 0 Å². The van der Waals surface area contributed by atoms with Gasteiger partial charge in [0, 0.05) is 31.8 Å². The minimum Gasteiger partial charge on any atom is -0.478 e. The third-order valence-corrected chi connectivity index (χ3v) is 1.62. The molecule has 0 aliphatic heterocycles. The van der Waals surface area contributed by atoms with E-state index in [1.54, 1.807) is 4.90 Å². The van der Waals surface area contributed by atoms with Gasteiger partial charge >= 0.3 is 11.9 Å². The van der Waals surface area contributed by atoms with E-state index in [2.05, 4.69) is 6.58 Å². The van der Waals surface area contributed by atoms with E-state index in [0.29, 0.717) is 31.8 Å². The fourth-order valence-electron chi connectivity index (χ4n) is 0.902. The summed E-state index contributed by atoms with van der Waals surface area (Å²) in [6, 6.07) is 0. The molecular formula is C14H27NO7. The molecule has 0 atom stereocenters. The number of rotatable bonds is 8. The number of aliphatic hydroxyl groups is 3. The van der Waals surface area contributed by atoms with Gasteiger partial charge in [0.2, 0.25) is 0 Å². The second kappa shape index (κ2) is 19.3. The molecule has 0 spiro atoms. The molecule has 5 N–H and O–H groups in total. The molecule has 8 nitrogen and oxygen atoms in total. The molecule has 0 aliphatic carbocycles. The molecule has 0 aromatic heterocycles. The summed E-state index contributed by atoms with van der Waals surface area (Å²) in [7, 11) is 0. The van der Waals surface area contributed by atoms with Crippen molar-refractivity contribution in [3.05, 3.63) is 24.3 Å². The van der Waals surface area contributed by atoms with E-state index in [-0.39, 0.29) is 19.8 Å². The number of nitrogens with zero attached hydrogens (tertiary/aromatic N) is 1. The maximum Gasteiger partial charge on any atom is 0.328 e. The Morgan fingerprint density at radius 2 is 1.09 bits per heavy atom. The van der Waals surface area contributed by atoms with Crippen LogP contribution in [0.4, 0.5) is 0 Å². The van der Waals surface area contributed by atoms with Gasteiger partial charge in [-0.3, -0.25) is 4.90 Å². The summed E-state index contributed by atoms with van der Waals surface area (Å²) in [6.45, 7) is 9.25. The van der Waals surface area contributed by atoms with Crippen LogP contribution in [0.2, 0.25) is 0 Å². The second-order valence-corrected chi connectivity index (χ2v) is 4.23. The van der Waals surface area contributed by atoms with E-state index in [4.69, 9.17) is 25.5 Å². The molecular weight excluding hydrogens is 294 g/mol. The van der Waals surface area contributed by atoms with Crippen molar-refractivity contribution in [3.8, 4) is 0 Å². The quantitative estimate of drug-likeness (QED) is 0.299. The van der Waals surface area contributed by atoms with Gasteiger partial charge in [-0.15, -0.1) is 6.58 Å². The summed E-state index contributed by atoms with van der Waals surface area (Å²) in [6.07, 6.45) is 1.12. The standard InChI is InChI=1S/C6H15NO3.C4H4O4.C4H8/c8-4-1-7(2-5-9)3-6-10;5-3(6)1-2-4(7)8;1-4(2)3/h8-10H,1-6H2;1-2H,(H,5,6)(H,7,8);1H2,2-3H3/b;2-1-;. The predicted molar refractivity (Wildman–Crippen MR) is 82.6 cm³/mol. The minimum atomic E-state index is -1.26. The van der Waals surface area contributed by atoms with Gasteiger partial charge in [-0.2, -0.15) is 0 Å². The Hall–Kier alpha value is -1.74. The number of carboxylic acids is 2. The van der Waals surface area contributed by atoms with Crippen molar-refractivity contribution < 1.29 is 35.1 Å². The molecule has 0 aromatic rings. The summed E-state index contributed by atoms with van der Waals surface area (Å²) in [5.41, 5.74) is 1.17.